The van der Waals surface area contributed by atoms with Gasteiger partial charge in [-0.2, -0.15) is 0 Å². The smallest absolute Gasteiger partial charge is 0.306 e. The van der Waals surface area contributed by atoms with E-state index in [0.29, 0.717) is 12.4 Å². The van der Waals surface area contributed by atoms with Crippen LogP contribution in [0.25, 0.3) is 0 Å². The fourth-order valence-corrected chi connectivity index (χ4v) is 3.76. The first-order valence-corrected chi connectivity index (χ1v) is 8.47. The highest BCUT2D eigenvalue weighted by molar-refractivity contribution is 7.89. The van der Waals surface area contributed by atoms with Crippen molar-refractivity contribution in [2.24, 2.45) is 11.8 Å². The number of sulfonamides is 1. The topological polar surface area (TPSA) is 63.7 Å². The van der Waals surface area contributed by atoms with Crippen molar-refractivity contribution < 1.29 is 17.9 Å². The van der Waals surface area contributed by atoms with Crippen molar-refractivity contribution in [3.8, 4) is 0 Å². The average Bonchev–Trinajstić information content (AvgIpc) is 2.32. The lowest BCUT2D eigenvalue weighted by Crippen LogP contribution is -2.39. The third kappa shape index (κ3) is 7.74. The SMILES string of the molecule is COC(=O)CCN(CC(C)C)S(=O)(=O)CC(C)CCl. The van der Waals surface area contributed by atoms with Gasteiger partial charge >= 0.3 is 5.97 Å². The highest BCUT2D eigenvalue weighted by atomic mass is 35.5. The van der Waals surface area contributed by atoms with Gasteiger partial charge in [-0.3, -0.25) is 4.79 Å². The van der Waals surface area contributed by atoms with E-state index in [1.165, 1.54) is 11.4 Å². The normalized spacial score (nSPS) is 13.8. The highest BCUT2D eigenvalue weighted by Gasteiger charge is 2.25. The largest absolute Gasteiger partial charge is 0.469 e. The van der Waals surface area contributed by atoms with Crippen molar-refractivity contribution in [3.63, 3.8) is 0 Å². The predicted molar refractivity (Wildman–Crippen MR) is 76.7 cm³/mol. The first-order chi connectivity index (χ1) is 8.72. The van der Waals surface area contributed by atoms with Crippen LogP contribution in [0, 0.1) is 11.8 Å². The van der Waals surface area contributed by atoms with Crippen LogP contribution < -0.4 is 0 Å². The first-order valence-electron chi connectivity index (χ1n) is 6.33. The van der Waals surface area contributed by atoms with Crippen LogP contribution in [0.5, 0.6) is 0 Å². The van der Waals surface area contributed by atoms with Gasteiger partial charge in [-0.1, -0.05) is 20.8 Å². The van der Waals surface area contributed by atoms with Gasteiger partial charge in [-0.25, -0.2) is 12.7 Å². The lowest BCUT2D eigenvalue weighted by molar-refractivity contribution is -0.140. The molecule has 0 radical (unpaired) electrons. The molecule has 0 bridgehead atoms. The fraction of sp³-hybridized carbons (Fsp3) is 0.917. The number of alkyl halides is 1. The Morgan fingerprint density at radius 2 is 1.89 bits per heavy atom. The van der Waals surface area contributed by atoms with Crippen LogP contribution in [0.2, 0.25) is 0 Å². The molecule has 0 saturated carbocycles. The molecular weight excluding hydrogens is 290 g/mol. The summed E-state index contributed by atoms with van der Waals surface area (Å²) in [5, 5.41) is 0. The Hall–Kier alpha value is -0.330. The Morgan fingerprint density at radius 1 is 1.32 bits per heavy atom. The van der Waals surface area contributed by atoms with Crippen LogP contribution >= 0.6 is 11.6 Å². The molecule has 0 fully saturated rings. The molecule has 0 amide bonds. The van der Waals surface area contributed by atoms with E-state index >= 15 is 0 Å². The number of carbonyl (C=O) groups excluding carboxylic acids is 1. The maximum Gasteiger partial charge on any atom is 0.306 e. The van der Waals surface area contributed by atoms with Crippen LogP contribution in [0.3, 0.4) is 0 Å². The minimum Gasteiger partial charge on any atom is -0.469 e. The molecule has 0 aliphatic rings. The van der Waals surface area contributed by atoms with Crippen LogP contribution in [-0.4, -0.2) is 50.5 Å². The molecule has 0 aromatic rings. The molecule has 0 N–H and O–H groups in total. The number of carbonyl (C=O) groups is 1. The zero-order valence-corrected chi connectivity index (χ0v) is 13.6. The lowest BCUT2D eigenvalue weighted by Gasteiger charge is -2.24. The van der Waals surface area contributed by atoms with Gasteiger partial charge in [0.25, 0.3) is 0 Å². The molecule has 1 atom stereocenters. The van der Waals surface area contributed by atoms with Crippen molar-refractivity contribution in [2.75, 3.05) is 31.8 Å². The predicted octanol–water partition coefficient (Wildman–Crippen LogP) is 1.71. The first kappa shape index (κ1) is 18.7. The van der Waals surface area contributed by atoms with Crippen molar-refractivity contribution in [3.05, 3.63) is 0 Å². The van der Waals surface area contributed by atoms with E-state index in [9.17, 15) is 13.2 Å². The third-order valence-electron chi connectivity index (χ3n) is 2.51. The van der Waals surface area contributed by atoms with E-state index in [4.69, 9.17) is 11.6 Å². The molecule has 0 aromatic heterocycles. The summed E-state index contributed by atoms with van der Waals surface area (Å²) in [6.07, 6.45) is 0.0672. The number of esters is 1. The minimum absolute atomic E-state index is 0.00436. The van der Waals surface area contributed by atoms with Crippen molar-refractivity contribution in [1.29, 1.82) is 0 Å². The third-order valence-corrected chi connectivity index (χ3v) is 5.15. The van der Waals surface area contributed by atoms with Gasteiger partial charge in [0.1, 0.15) is 0 Å². The van der Waals surface area contributed by atoms with Crippen LogP contribution in [0.4, 0.5) is 0 Å². The molecule has 0 saturated heterocycles. The number of rotatable bonds is 9. The molecule has 0 aliphatic heterocycles. The summed E-state index contributed by atoms with van der Waals surface area (Å²) in [7, 11) is -2.10. The number of ether oxygens (including phenoxy) is 1. The molecule has 7 heteroatoms. The van der Waals surface area contributed by atoms with E-state index in [-0.39, 0.29) is 30.6 Å². The molecular formula is C12H24ClNO4S. The zero-order chi connectivity index (χ0) is 15.1. The van der Waals surface area contributed by atoms with E-state index in [0.717, 1.165) is 0 Å². The van der Waals surface area contributed by atoms with Gasteiger partial charge in [0.15, 0.2) is 0 Å². The summed E-state index contributed by atoms with van der Waals surface area (Å²) in [5.41, 5.74) is 0. The highest BCUT2D eigenvalue weighted by Crippen LogP contribution is 2.12. The van der Waals surface area contributed by atoms with Gasteiger partial charge in [0.05, 0.1) is 19.3 Å². The second-order valence-electron chi connectivity index (χ2n) is 5.12. The molecule has 0 spiro atoms. The maximum atomic E-state index is 12.3. The van der Waals surface area contributed by atoms with Crippen molar-refractivity contribution in [2.45, 2.75) is 27.2 Å². The number of methoxy groups -OCH3 is 1. The second kappa shape index (κ2) is 8.76. The summed E-state index contributed by atoms with van der Waals surface area (Å²) in [6.45, 7) is 6.21. The van der Waals surface area contributed by atoms with Crippen LogP contribution in [0.1, 0.15) is 27.2 Å². The Labute approximate surface area is 121 Å². The van der Waals surface area contributed by atoms with Gasteiger partial charge in [0, 0.05) is 19.0 Å². The van der Waals surface area contributed by atoms with Gasteiger partial charge in [-0.15, -0.1) is 11.6 Å². The Balaban J connectivity index is 4.76. The van der Waals surface area contributed by atoms with Gasteiger partial charge < -0.3 is 4.74 Å². The molecule has 0 heterocycles. The molecule has 0 aliphatic carbocycles. The number of hydrogen-bond donors (Lipinski definition) is 0. The summed E-state index contributed by atoms with van der Waals surface area (Å²) < 4.78 is 30.4. The average molecular weight is 314 g/mol. The second-order valence-corrected chi connectivity index (χ2v) is 7.44. The molecule has 5 nitrogen and oxygen atoms in total. The summed E-state index contributed by atoms with van der Waals surface area (Å²) in [6, 6.07) is 0. The van der Waals surface area contributed by atoms with Crippen LogP contribution in [-0.2, 0) is 19.6 Å². The molecule has 19 heavy (non-hydrogen) atoms. The zero-order valence-electron chi connectivity index (χ0n) is 12.1. The maximum absolute atomic E-state index is 12.3. The summed E-state index contributed by atoms with van der Waals surface area (Å²) >= 11 is 5.66. The summed E-state index contributed by atoms with van der Waals surface area (Å²) in [5.74, 6) is -0.0246. The number of halogens is 1. The minimum atomic E-state index is -3.39. The Kier molecular flexibility index (Phi) is 8.61. The van der Waals surface area contributed by atoms with Crippen molar-refractivity contribution >= 4 is 27.6 Å². The van der Waals surface area contributed by atoms with E-state index in [1.54, 1.807) is 6.92 Å². The quantitative estimate of drug-likeness (QED) is 0.480. The standard InChI is InChI=1S/C12H24ClNO4S/c1-10(2)8-14(6-5-12(15)18-4)19(16,17)9-11(3)7-13/h10-11H,5-9H2,1-4H3. The van der Waals surface area contributed by atoms with Crippen molar-refractivity contribution in [1.82, 2.24) is 4.31 Å². The number of hydrogen-bond acceptors (Lipinski definition) is 4. The van der Waals surface area contributed by atoms with Gasteiger partial charge in [-0.05, 0) is 11.8 Å². The van der Waals surface area contributed by atoms with E-state index in [1.807, 2.05) is 13.8 Å². The van der Waals surface area contributed by atoms with Gasteiger partial charge in [0.2, 0.25) is 10.0 Å². The Morgan fingerprint density at radius 3 is 2.32 bits per heavy atom. The summed E-state index contributed by atoms with van der Waals surface area (Å²) in [4.78, 5) is 11.1. The van der Waals surface area contributed by atoms with E-state index < -0.39 is 16.0 Å². The molecule has 1 unspecified atom stereocenters. The molecule has 0 rings (SSSR count). The Bertz CT molecular complexity index is 370. The van der Waals surface area contributed by atoms with E-state index in [2.05, 4.69) is 4.74 Å². The lowest BCUT2D eigenvalue weighted by atomic mass is 10.2. The monoisotopic (exact) mass is 313 g/mol. The molecule has 0 aromatic carbocycles. The number of nitrogens with zero attached hydrogens (tertiary/aromatic N) is 1. The van der Waals surface area contributed by atoms with Crippen LogP contribution in [0.15, 0.2) is 0 Å². The molecule has 114 valence electrons. The fourth-order valence-electron chi connectivity index (χ4n) is 1.58.